The number of hydrogen-bond acceptors (Lipinski definition) is 22. The molecule has 4 N–H and O–H groups in total. The first kappa shape index (κ1) is 56.2. The third-order valence-corrected chi connectivity index (χ3v) is 12.3. The number of rotatable bonds is 12. The van der Waals surface area contributed by atoms with E-state index in [0.717, 1.165) is 40.3 Å². The van der Waals surface area contributed by atoms with Crippen LogP contribution in [0, 0.1) is 27.7 Å². The molecule has 0 heterocycles. The van der Waals surface area contributed by atoms with Crippen LogP contribution in [-0.4, -0.2) is 61.4 Å². The summed E-state index contributed by atoms with van der Waals surface area (Å²) in [4.78, 5) is -1.06. The van der Waals surface area contributed by atoms with Crippen LogP contribution < -0.4 is 0 Å². The van der Waals surface area contributed by atoms with Crippen LogP contribution in [0.5, 0.6) is 11.5 Å². The van der Waals surface area contributed by atoms with Gasteiger partial charge >= 0.3 is 21.2 Å². The van der Waals surface area contributed by atoms with Gasteiger partial charge in [-0.3, -0.25) is 9.11 Å². The van der Waals surface area contributed by atoms with Crippen molar-refractivity contribution in [2.75, 3.05) is 0 Å². The third kappa shape index (κ3) is 15.3. The maximum absolute atomic E-state index is 12.2. The van der Waals surface area contributed by atoms with E-state index >= 15 is 0 Å². The van der Waals surface area contributed by atoms with Crippen LogP contribution >= 0.6 is 0 Å². The van der Waals surface area contributed by atoms with E-state index in [1.54, 1.807) is 73.7 Å². The van der Waals surface area contributed by atoms with Gasteiger partial charge in [0.2, 0.25) is 0 Å². The SMILES string of the molecule is Cc1cc(N=Nc2cc(C)c(N=Nc3ccc4cc(N=Nc5ccc(O)cc5)ccc4c3O)cc2C)ccc1N=Nc1ccc(N=Nc2cc3c(S(=O)(=O)O)cccc3cc2S(=O)(=O)O)c(C)c1.O=S(=O)=O.O=S(=O)=O. The Morgan fingerprint density at radius 1 is 0.355 bits per heavy atom. The van der Waals surface area contributed by atoms with Crippen LogP contribution in [0.15, 0.2) is 194 Å². The average molecular weight is 1110 g/mol. The predicted octanol–water partition coefficient (Wildman–Crippen LogP) is 13.2. The maximum atomic E-state index is 12.2. The second-order valence-corrected chi connectivity index (χ2v) is 19.5. The fraction of sp³-hybridized carbons (Fsp3) is 0.0833. The number of phenols is 2. The summed E-state index contributed by atoms with van der Waals surface area (Å²) in [6.07, 6.45) is 0. The van der Waals surface area contributed by atoms with Crippen molar-refractivity contribution in [1.29, 1.82) is 0 Å². The molecule has 0 spiro atoms. The van der Waals surface area contributed by atoms with Crippen LogP contribution in [0.2, 0.25) is 0 Å². The Labute approximate surface area is 435 Å². The summed E-state index contributed by atoms with van der Waals surface area (Å²) in [5, 5.41) is 65.1. The van der Waals surface area contributed by atoms with Crippen LogP contribution in [0.25, 0.3) is 21.5 Å². The van der Waals surface area contributed by atoms with E-state index in [0.29, 0.717) is 62.1 Å². The molecule has 28 heteroatoms. The summed E-state index contributed by atoms with van der Waals surface area (Å²) in [6.45, 7) is 7.36. The number of hydrogen-bond donors (Lipinski definition) is 4. The summed E-state index contributed by atoms with van der Waals surface area (Å²) >= 11 is 0. The summed E-state index contributed by atoms with van der Waals surface area (Å²) in [7, 11) is -15.7. The van der Waals surface area contributed by atoms with E-state index in [1.165, 1.54) is 24.3 Å². The lowest BCUT2D eigenvalue weighted by Gasteiger charge is -2.08. The van der Waals surface area contributed by atoms with Gasteiger partial charge in [0.05, 0.1) is 45.5 Å². The van der Waals surface area contributed by atoms with Gasteiger partial charge in [0.1, 0.15) is 26.9 Å². The molecule has 8 aromatic rings. The molecule has 0 unspecified atom stereocenters. The molecule has 24 nitrogen and oxygen atoms in total. The molecule has 0 saturated heterocycles. The number of phenolic OH excluding ortho intramolecular Hbond substituents is 2. The Morgan fingerprint density at radius 2 is 0.750 bits per heavy atom. The van der Waals surface area contributed by atoms with Gasteiger partial charge in [-0.1, -0.05) is 18.2 Å². The van der Waals surface area contributed by atoms with Crippen LogP contribution in [0.3, 0.4) is 0 Å². The molecule has 0 bridgehead atoms. The number of aryl methyl sites for hydroxylation is 4. The first-order valence-corrected chi connectivity index (χ1v) is 26.3. The Hall–Kier alpha value is -9.06. The van der Waals surface area contributed by atoms with Crippen LogP contribution in [0.4, 0.5) is 56.9 Å². The Morgan fingerprint density at radius 3 is 1.29 bits per heavy atom. The summed E-state index contributed by atoms with van der Waals surface area (Å²) in [5.41, 5.74) is 7.33. The van der Waals surface area contributed by atoms with Gasteiger partial charge in [-0.25, -0.2) is 0 Å². The van der Waals surface area contributed by atoms with E-state index in [4.69, 9.17) is 25.3 Å². The van der Waals surface area contributed by atoms with Crippen molar-refractivity contribution in [1.82, 2.24) is 0 Å². The van der Waals surface area contributed by atoms with Gasteiger partial charge in [0.15, 0.2) is 5.75 Å². The zero-order valence-electron chi connectivity index (χ0n) is 39.7. The van der Waals surface area contributed by atoms with Gasteiger partial charge in [0, 0.05) is 10.8 Å². The number of azo groups is 5. The van der Waals surface area contributed by atoms with Crippen LogP contribution in [0.1, 0.15) is 22.3 Å². The monoisotopic (exact) mass is 1110 g/mol. The minimum absolute atomic E-state index is 0.0146. The number of aromatic hydroxyl groups is 2. The molecule has 8 rings (SSSR count). The maximum Gasteiger partial charge on any atom is 0.425 e. The van der Waals surface area contributed by atoms with Gasteiger partial charge in [-0.15, -0.1) is 35.5 Å². The Balaban J connectivity index is 0.00000109. The lowest BCUT2D eigenvalue weighted by Crippen LogP contribution is -2.01. The molecule has 0 aromatic heterocycles. The molecule has 0 aliphatic carbocycles. The number of benzene rings is 8. The van der Waals surface area contributed by atoms with E-state index in [1.807, 2.05) is 45.0 Å². The van der Waals surface area contributed by atoms with Gasteiger partial charge in [-0.2, -0.15) is 57.7 Å². The highest BCUT2D eigenvalue weighted by atomic mass is 32.2. The number of nitrogens with zero attached hydrogens (tertiary/aromatic N) is 10. The molecule has 0 radical (unpaired) electrons. The zero-order chi connectivity index (χ0) is 55.5. The average Bonchev–Trinajstić information content (AvgIpc) is 3.34. The minimum Gasteiger partial charge on any atom is -0.508 e. The van der Waals surface area contributed by atoms with Crippen molar-refractivity contribution < 1.29 is 61.4 Å². The minimum atomic E-state index is -4.80. The molecule has 76 heavy (non-hydrogen) atoms. The topological polar surface area (TPSA) is 375 Å². The predicted molar refractivity (Wildman–Crippen MR) is 276 cm³/mol. The molecular weight excluding hydrogens is 1070 g/mol. The highest BCUT2D eigenvalue weighted by Gasteiger charge is 2.21. The normalized spacial score (nSPS) is 11.9. The van der Waals surface area contributed by atoms with E-state index < -0.39 is 51.2 Å². The highest BCUT2D eigenvalue weighted by molar-refractivity contribution is 7.86. The Bertz CT molecular complexity index is 4180. The molecular formula is C48H38N10O14S4. The summed E-state index contributed by atoms with van der Waals surface area (Å²) in [6, 6.07) is 35.2. The van der Waals surface area contributed by atoms with E-state index in [-0.39, 0.29) is 28.0 Å². The molecule has 0 saturated carbocycles. The molecule has 0 aliphatic heterocycles. The lowest BCUT2D eigenvalue weighted by molar-refractivity contribution is 0.475. The van der Waals surface area contributed by atoms with Crippen molar-refractivity contribution in [3.8, 4) is 11.5 Å². The molecule has 0 fully saturated rings. The first-order valence-electron chi connectivity index (χ1n) is 21.4. The molecule has 0 amide bonds. The second kappa shape index (κ2) is 24.3. The van der Waals surface area contributed by atoms with Crippen molar-refractivity contribution in [3.05, 3.63) is 156 Å². The third-order valence-electron chi connectivity index (χ3n) is 10.5. The quantitative estimate of drug-likeness (QED) is 0.0653. The molecule has 0 aliphatic rings. The van der Waals surface area contributed by atoms with Gasteiger partial charge in [0.25, 0.3) is 20.2 Å². The van der Waals surface area contributed by atoms with Gasteiger partial charge in [-0.05, 0) is 176 Å². The fourth-order valence-corrected chi connectivity index (χ4v) is 8.25. The van der Waals surface area contributed by atoms with Crippen LogP contribution in [-0.2, 0) is 41.5 Å². The van der Waals surface area contributed by atoms with E-state index in [9.17, 15) is 36.2 Å². The molecule has 388 valence electrons. The van der Waals surface area contributed by atoms with Crippen molar-refractivity contribution >= 4 is 120 Å². The number of fused-ring (bicyclic) bond motifs is 2. The first-order chi connectivity index (χ1) is 35.9. The highest BCUT2D eigenvalue weighted by Crippen LogP contribution is 2.40. The molecule has 8 aromatic carbocycles. The smallest absolute Gasteiger partial charge is 0.425 e. The molecule has 0 atom stereocenters. The van der Waals surface area contributed by atoms with Crippen molar-refractivity contribution in [3.63, 3.8) is 0 Å². The largest absolute Gasteiger partial charge is 0.508 e. The Kier molecular flexibility index (Phi) is 18.0. The summed E-state index contributed by atoms with van der Waals surface area (Å²) in [5.74, 6) is 0.120. The lowest BCUT2D eigenvalue weighted by atomic mass is 10.1. The van der Waals surface area contributed by atoms with E-state index in [2.05, 4.69) is 51.1 Å². The summed E-state index contributed by atoms with van der Waals surface area (Å²) < 4.78 is 119. The van der Waals surface area contributed by atoms with Crippen molar-refractivity contribution in [2.45, 2.75) is 37.5 Å². The zero-order valence-corrected chi connectivity index (χ0v) is 42.9. The second-order valence-electron chi connectivity index (χ2n) is 15.9. The fourth-order valence-electron chi connectivity index (χ4n) is 6.91. The van der Waals surface area contributed by atoms with Gasteiger partial charge < -0.3 is 10.2 Å². The van der Waals surface area contributed by atoms with Crippen molar-refractivity contribution in [2.24, 2.45) is 51.1 Å². The standard InChI is InChI=1S/C48H38N10O8S2.2O3S/c1-27-20-35(12-18-40(27)53-51-34-13-19-41(28(2)21-34)54-58-45-26-39-31(25-47(45)68(64,65)66)6-5-7-46(39)67(61,62)63)52-56-43-22-30(4)44(23-29(43)3)57-55-42-17-8-32-24-36(11-16-38(32)48(42)60)50-49-33-9-14-37(59)15-10-33;2*1-4(2)3/h5-26,59-60H,1-4H3,(H,61,62,63)(H,64,65,66);;.